The van der Waals surface area contributed by atoms with Crippen LogP contribution >= 0.6 is 0 Å². The standard InChI is InChI=1S/C10H23N3/c1-11-7-8-13(2)9-10-3-5-12-6-4-10/h10-12H,3-9H2,1-2H3. The van der Waals surface area contributed by atoms with E-state index >= 15 is 0 Å². The van der Waals surface area contributed by atoms with Gasteiger partial charge in [-0.15, -0.1) is 0 Å². The Balaban J connectivity index is 2.07. The minimum atomic E-state index is 0.920. The average molecular weight is 185 g/mol. The molecule has 1 heterocycles. The summed E-state index contributed by atoms with van der Waals surface area (Å²) in [7, 11) is 4.23. The lowest BCUT2D eigenvalue weighted by atomic mass is 9.98. The summed E-state index contributed by atoms with van der Waals surface area (Å²) in [6.45, 7) is 5.96. The number of hydrogen-bond acceptors (Lipinski definition) is 3. The molecule has 0 spiro atoms. The summed E-state index contributed by atoms with van der Waals surface area (Å²) in [5.41, 5.74) is 0. The van der Waals surface area contributed by atoms with Crippen LogP contribution < -0.4 is 10.6 Å². The van der Waals surface area contributed by atoms with E-state index in [1.165, 1.54) is 39.0 Å². The quantitative estimate of drug-likeness (QED) is 0.638. The molecule has 3 nitrogen and oxygen atoms in total. The van der Waals surface area contributed by atoms with Gasteiger partial charge in [-0.3, -0.25) is 0 Å². The summed E-state index contributed by atoms with van der Waals surface area (Å²) in [5.74, 6) is 0.920. The molecule has 1 aliphatic rings. The van der Waals surface area contributed by atoms with Gasteiger partial charge in [0, 0.05) is 19.6 Å². The molecule has 78 valence electrons. The van der Waals surface area contributed by atoms with Crippen molar-refractivity contribution in [3.05, 3.63) is 0 Å². The van der Waals surface area contributed by atoms with Crippen LogP contribution in [0.1, 0.15) is 12.8 Å². The van der Waals surface area contributed by atoms with Gasteiger partial charge in [-0.2, -0.15) is 0 Å². The van der Waals surface area contributed by atoms with E-state index in [1.54, 1.807) is 0 Å². The number of nitrogens with one attached hydrogen (secondary N) is 2. The molecule has 0 aromatic carbocycles. The molecule has 1 rings (SSSR count). The van der Waals surface area contributed by atoms with Crippen molar-refractivity contribution < 1.29 is 0 Å². The molecular formula is C10H23N3. The van der Waals surface area contributed by atoms with Gasteiger partial charge in [0.15, 0.2) is 0 Å². The number of hydrogen-bond donors (Lipinski definition) is 2. The average Bonchev–Trinajstić information content (AvgIpc) is 2.16. The maximum Gasteiger partial charge on any atom is 0.0104 e. The molecular weight excluding hydrogens is 162 g/mol. The first-order valence-electron chi connectivity index (χ1n) is 5.37. The lowest BCUT2D eigenvalue weighted by molar-refractivity contribution is 0.241. The van der Waals surface area contributed by atoms with E-state index in [0.717, 1.165) is 12.5 Å². The van der Waals surface area contributed by atoms with E-state index in [4.69, 9.17) is 0 Å². The first-order valence-corrected chi connectivity index (χ1v) is 5.37. The summed E-state index contributed by atoms with van der Waals surface area (Å²) in [4.78, 5) is 2.44. The van der Waals surface area contributed by atoms with Crippen molar-refractivity contribution in [3.8, 4) is 0 Å². The van der Waals surface area contributed by atoms with Crippen LogP contribution in [-0.2, 0) is 0 Å². The third kappa shape index (κ3) is 4.60. The Bertz CT molecular complexity index is 121. The normalized spacial score (nSPS) is 19.6. The second-order valence-corrected chi connectivity index (χ2v) is 4.06. The van der Waals surface area contributed by atoms with E-state index in [9.17, 15) is 0 Å². The monoisotopic (exact) mass is 185 g/mol. The number of likely N-dealkylation sites (N-methyl/N-ethyl adjacent to an activating group) is 2. The van der Waals surface area contributed by atoms with Crippen LogP contribution in [0.4, 0.5) is 0 Å². The minimum Gasteiger partial charge on any atom is -0.318 e. The molecule has 0 aromatic heterocycles. The molecule has 0 atom stereocenters. The highest BCUT2D eigenvalue weighted by molar-refractivity contribution is 4.71. The van der Waals surface area contributed by atoms with Gasteiger partial charge < -0.3 is 15.5 Å². The number of rotatable bonds is 5. The third-order valence-electron chi connectivity index (χ3n) is 2.77. The Kier molecular flexibility index (Phi) is 5.35. The van der Waals surface area contributed by atoms with Gasteiger partial charge in [0.25, 0.3) is 0 Å². The highest BCUT2D eigenvalue weighted by Crippen LogP contribution is 2.12. The molecule has 0 bridgehead atoms. The van der Waals surface area contributed by atoms with Crippen molar-refractivity contribution in [2.75, 3.05) is 46.8 Å². The molecule has 13 heavy (non-hydrogen) atoms. The summed E-state index contributed by atoms with van der Waals surface area (Å²) < 4.78 is 0. The van der Waals surface area contributed by atoms with E-state index in [1.807, 2.05) is 7.05 Å². The van der Waals surface area contributed by atoms with Gasteiger partial charge >= 0.3 is 0 Å². The smallest absolute Gasteiger partial charge is 0.0104 e. The first kappa shape index (κ1) is 11.0. The van der Waals surface area contributed by atoms with E-state index in [0.29, 0.717) is 0 Å². The molecule has 0 radical (unpaired) electrons. The van der Waals surface area contributed by atoms with Gasteiger partial charge in [-0.25, -0.2) is 0 Å². The maximum atomic E-state index is 3.40. The lowest BCUT2D eigenvalue weighted by Crippen LogP contribution is -2.36. The zero-order valence-corrected chi connectivity index (χ0v) is 8.97. The van der Waals surface area contributed by atoms with Crippen LogP contribution in [-0.4, -0.2) is 51.7 Å². The lowest BCUT2D eigenvalue weighted by Gasteiger charge is -2.27. The predicted molar refractivity (Wildman–Crippen MR) is 57.0 cm³/mol. The fraction of sp³-hybridized carbons (Fsp3) is 1.00. The Morgan fingerprint density at radius 3 is 2.69 bits per heavy atom. The van der Waals surface area contributed by atoms with Crippen LogP contribution in [0.15, 0.2) is 0 Å². The molecule has 0 aliphatic carbocycles. The van der Waals surface area contributed by atoms with E-state index in [2.05, 4.69) is 22.6 Å². The van der Waals surface area contributed by atoms with Crippen molar-refractivity contribution in [2.45, 2.75) is 12.8 Å². The topological polar surface area (TPSA) is 27.3 Å². The minimum absolute atomic E-state index is 0.920. The largest absolute Gasteiger partial charge is 0.318 e. The van der Waals surface area contributed by atoms with Crippen LogP contribution in [0.25, 0.3) is 0 Å². The molecule has 2 N–H and O–H groups in total. The molecule has 1 fully saturated rings. The predicted octanol–water partition coefficient (Wildman–Crippen LogP) is 0.137. The van der Waals surface area contributed by atoms with Crippen LogP contribution in [0.5, 0.6) is 0 Å². The van der Waals surface area contributed by atoms with Crippen molar-refractivity contribution in [1.82, 2.24) is 15.5 Å². The van der Waals surface area contributed by atoms with Gasteiger partial charge in [0.1, 0.15) is 0 Å². The van der Waals surface area contributed by atoms with Gasteiger partial charge in [-0.05, 0) is 45.9 Å². The van der Waals surface area contributed by atoms with Gasteiger partial charge in [-0.1, -0.05) is 0 Å². The molecule has 0 unspecified atom stereocenters. The molecule has 3 heteroatoms. The fourth-order valence-corrected chi connectivity index (χ4v) is 1.90. The van der Waals surface area contributed by atoms with Crippen LogP contribution in [0.2, 0.25) is 0 Å². The summed E-state index contributed by atoms with van der Waals surface area (Å²) in [6, 6.07) is 0. The zero-order chi connectivity index (χ0) is 9.52. The first-order chi connectivity index (χ1) is 6.33. The Hall–Kier alpha value is -0.120. The second-order valence-electron chi connectivity index (χ2n) is 4.06. The number of piperidine rings is 1. The fourth-order valence-electron chi connectivity index (χ4n) is 1.90. The van der Waals surface area contributed by atoms with Crippen molar-refractivity contribution in [1.29, 1.82) is 0 Å². The van der Waals surface area contributed by atoms with Crippen molar-refractivity contribution in [2.24, 2.45) is 5.92 Å². The summed E-state index contributed by atoms with van der Waals surface area (Å²) in [5, 5.41) is 6.58. The Morgan fingerprint density at radius 2 is 2.08 bits per heavy atom. The SMILES string of the molecule is CNCCN(C)CC1CCNCC1. The van der Waals surface area contributed by atoms with Crippen molar-refractivity contribution >= 4 is 0 Å². The molecule has 0 amide bonds. The van der Waals surface area contributed by atoms with Crippen molar-refractivity contribution in [3.63, 3.8) is 0 Å². The molecule has 1 aliphatic heterocycles. The number of nitrogens with zero attached hydrogens (tertiary/aromatic N) is 1. The van der Waals surface area contributed by atoms with Crippen LogP contribution in [0, 0.1) is 5.92 Å². The van der Waals surface area contributed by atoms with Gasteiger partial charge in [0.2, 0.25) is 0 Å². The molecule has 0 saturated carbocycles. The highest BCUT2D eigenvalue weighted by atomic mass is 15.1. The second kappa shape index (κ2) is 6.35. The Labute approximate surface area is 81.9 Å². The van der Waals surface area contributed by atoms with Crippen LogP contribution in [0.3, 0.4) is 0 Å². The highest BCUT2D eigenvalue weighted by Gasteiger charge is 2.14. The van der Waals surface area contributed by atoms with E-state index < -0.39 is 0 Å². The third-order valence-corrected chi connectivity index (χ3v) is 2.77. The van der Waals surface area contributed by atoms with E-state index in [-0.39, 0.29) is 0 Å². The molecule has 0 aromatic rings. The van der Waals surface area contributed by atoms with Gasteiger partial charge in [0.05, 0.1) is 0 Å². The summed E-state index contributed by atoms with van der Waals surface area (Å²) >= 11 is 0. The molecule has 1 saturated heterocycles. The zero-order valence-electron chi connectivity index (χ0n) is 8.97. The maximum absolute atomic E-state index is 3.40. The Morgan fingerprint density at radius 1 is 1.38 bits per heavy atom. The summed E-state index contributed by atoms with van der Waals surface area (Å²) in [6.07, 6.45) is 2.70.